The number of H-pyrrole nitrogens is 1. The molecular weight excluding hydrogens is 222 g/mol. The average Bonchev–Trinajstić information content (AvgIpc) is 2.84. The lowest BCUT2D eigenvalue weighted by Crippen LogP contribution is -2.19. The highest BCUT2D eigenvalue weighted by molar-refractivity contribution is 5.40. The number of rotatable bonds is 4. The van der Waals surface area contributed by atoms with Crippen LogP contribution in [0.25, 0.3) is 0 Å². The molecule has 0 fully saturated rings. The van der Waals surface area contributed by atoms with Gasteiger partial charge in [-0.3, -0.25) is 0 Å². The highest BCUT2D eigenvalue weighted by Crippen LogP contribution is 2.24. The number of nitrogens with one attached hydrogen (secondary N) is 2. The second-order valence-corrected chi connectivity index (χ2v) is 3.70. The van der Waals surface area contributed by atoms with E-state index in [0.717, 1.165) is 5.56 Å². The molecule has 0 saturated carbocycles. The van der Waals surface area contributed by atoms with Gasteiger partial charge in [0.25, 0.3) is 0 Å². The fourth-order valence-electron chi connectivity index (χ4n) is 1.39. The zero-order chi connectivity index (χ0) is 12.3. The number of aromatic hydroxyl groups is 2. The molecule has 1 aromatic heterocycles. The van der Waals surface area contributed by atoms with Crippen LogP contribution in [-0.4, -0.2) is 30.8 Å². The standard InChI is InChI=1S/C10H13N5O2/c1-6(10-12-14-15-13-10)11-5-7-2-3-8(16)9(17)4-7/h2-4,6,11,16-17H,5H2,1H3,(H,12,13,14,15). The van der Waals surface area contributed by atoms with E-state index in [1.54, 1.807) is 6.07 Å². The van der Waals surface area contributed by atoms with Crippen LogP contribution in [0.3, 0.4) is 0 Å². The first-order valence-corrected chi connectivity index (χ1v) is 5.14. The van der Waals surface area contributed by atoms with E-state index in [2.05, 4.69) is 25.9 Å². The van der Waals surface area contributed by atoms with Gasteiger partial charge in [0.1, 0.15) is 0 Å². The molecule has 0 bridgehead atoms. The number of hydrogen-bond acceptors (Lipinski definition) is 6. The van der Waals surface area contributed by atoms with Gasteiger partial charge in [0, 0.05) is 6.54 Å². The Morgan fingerprint density at radius 1 is 1.35 bits per heavy atom. The zero-order valence-corrected chi connectivity index (χ0v) is 9.25. The summed E-state index contributed by atoms with van der Waals surface area (Å²) in [4.78, 5) is 0. The second kappa shape index (κ2) is 4.79. The molecule has 0 saturated heterocycles. The van der Waals surface area contributed by atoms with E-state index in [1.807, 2.05) is 6.92 Å². The maximum atomic E-state index is 9.33. The largest absolute Gasteiger partial charge is 0.504 e. The van der Waals surface area contributed by atoms with E-state index < -0.39 is 0 Å². The molecule has 0 radical (unpaired) electrons. The van der Waals surface area contributed by atoms with Gasteiger partial charge in [-0.1, -0.05) is 11.3 Å². The third kappa shape index (κ3) is 2.70. The smallest absolute Gasteiger partial charge is 0.191 e. The predicted octanol–water partition coefficient (Wildman–Crippen LogP) is 0.462. The van der Waals surface area contributed by atoms with Crippen LogP contribution >= 0.6 is 0 Å². The minimum Gasteiger partial charge on any atom is -0.504 e. The Hall–Kier alpha value is -2.15. The van der Waals surface area contributed by atoms with Gasteiger partial charge in [-0.15, -0.1) is 10.2 Å². The molecule has 90 valence electrons. The van der Waals surface area contributed by atoms with Crippen molar-refractivity contribution in [3.8, 4) is 11.5 Å². The molecule has 1 unspecified atom stereocenters. The molecule has 0 aliphatic heterocycles. The van der Waals surface area contributed by atoms with Gasteiger partial charge in [-0.05, 0) is 24.6 Å². The molecule has 2 aromatic rings. The molecule has 0 aliphatic carbocycles. The highest BCUT2D eigenvalue weighted by atomic mass is 16.3. The molecular formula is C10H13N5O2. The Morgan fingerprint density at radius 3 is 2.82 bits per heavy atom. The second-order valence-electron chi connectivity index (χ2n) is 3.70. The van der Waals surface area contributed by atoms with E-state index in [4.69, 9.17) is 5.11 Å². The van der Waals surface area contributed by atoms with Crippen LogP contribution in [0.4, 0.5) is 0 Å². The van der Waals surface area contributed by atoms with Crippen molar-refractivity contribution in [1.29, 1.82) is 0 Å². The Kier molecular flexibility index (Phi) is 3.20. The maximum Gasteiger partial charge on any atom is 0.191 e. The molecule has 17 heavy (non-hydrogen) atoms. The van der Waals surface area contributed by atoms with Crippen molar-refractivity contribution in [2.75, 3.05) is 0 Å². The maximum absolute atomic E-state index is 9.33. The van der Waals surface area contributed by atoms with E-state index in [0.29, 0.717) is 12.4 Å². The average molecular weight is 235 g/mol. The molecule has 2 rings (SSSR count). The lowest BCUT2D eigenvalue weighted by Gasteiger charge is -2.10. The number of benzene rings is 1. The quantitative estimate of drug-likeness (QED) is 0.573. The Balaban J connectivity index is 1.96. The van der Waals surface area contributed by atoms with Gasteiger partial charge in [0.2, 0.25) is 0 Å². The molecule has 7 heteroatoms. The van der Waals surface area contributed by atoms with Crippen molar-refractivity contribution in [3.63, 3.8) is 0 Å². The summed E-state index contributed by atoms with van der Waals surface area (Å²) in [5, 5.41) is 35.2. The minimum atomic E-state index is -0.128. The number of nitrogens with zero attached hydrogens (tertiary/aromatic N) is 3. The normalized spacial score (nSPS) is 12.5. The number of hydrogen-bond donors (Lipinski definition) is 4. The first-order valence-electron chi connectivity index (χ1n) is 5.14. The van der Waals surface area contributed by atoms with Crippen LogP contribution in [-0.2, 0) is 6.54 Å². The SMILES string of the molecule is CC(NCc1ccc(O)c(O)c1)c1nn[nH]n1. The Labute approximate surface area is 97.5 Å². The monoisotopic (exact) mass is 235 g/mol. The third-order valence-electron chi connectivity index (χ3n) is 2.40. The first kappa shape index (κ1) is 11.3. The van der Waals surface area contributed by atoms with Crippen LogP contribution in [0.2, 0.25) is 0 Å². The minimum absolute atomic E-state index is 0.0512. The molecule has 0 amide bonds. The van der Waals surface area contributed by atoms with Crippen LogP contribution < -0.4 is 5.32 Å². The van der Waals surface area contributed by atoms with Gasteiger partial charge in [0.15, 0.2) is 17.3 Å². The molecule has 0 aliphatic rings. The molecule has 1 atom stereocenters. The predicted molar refractivity (Wildman–Crippen MR) is 59.2 cm³/mol. The van der Waals surface area contributed by atoms with E-state index in [-0.39, 0.29) is 17.5 Å². The molecule has 1 aromatic carbocycles. The van der Waals surface area contributed by atoms with Crippen molar-refractivity contribution in [2.45, 2.75) is 19.5 Å². The van der Waals surface area contributed by atoms with Crippen molar-refractivity contribution < 1.29 is 10.2 Å². The highest BCUT2D eigenvalue weighted by Gasteiger charge is 2.09. The van der Waals surface area contributed by atoms with Crippen LogP contribution in [0.15, 0.2) is 18.2 Å². The first-order chi connectivity index (χ1) is 8.16. The Bertz CT molecular complexity index is 485. The number of tetrazole rings is 1. The van der Waals surface area contributed by atoms with E-state index >= 15 is 0 Å². The van der Waals surface area contributed by atoms with Gasteiger partial charge in [0.05, 0.1) is 6.04 Å². The number of aromatic amines is 1. The van der Waals surface area contributed by atoms with Crippen molar-refractivity contribution in [3.05, 3.63) is 29.6 Å². The fourth-order valence-corrected chi connectivity index (χ4v) is 1.39. The number of phenols is 2. The number of aromatic nitrogens is 4. The summed E-state index contributed by atoms with van der Waals surface area (Å²) in [6.45, 7) is 2.44. The van der Waals surface area contributed by atoms with Crippen LogP contribution in [0.1, 0.15) is 24.4 Å². The van der Waals surface area contributed by atoms with Crippen molar-refractivity contribution in [2.24, 2.45) is 0 Å². The fraction of sp³-hybridized carbons (Fsp3) is 0.300. The van der Waals surface area contributed by atoms with Crippen LogP contribution in [0.5, 0.6) is 11.5 Å². The van der Waals surface area contributed by atoms with Crippen molar-refractivity contribution >= 4 is 0 Å². The number of phenolic OH excluding ortho intramolecular Hbond substituents is 2. The zero-order valence-electron chi connectivity index (χ0n) is 9.25. The summed E-state index contributed by atoms with van der Waals surface area (Å²) in [6.07, 6.45) is 0. The summed E-state index contributed by atoms with van der Waals surface area (Å²) in [6, 6.07) is 4.63. The lowest BCUT2D eigenvalue weighted by atomic mass is 10.2. The van der Waals surface area contributed by atoms with Gasteiger partial charge >= 0.3 is 0 Å². The van der Waals surface area contributed by atoms with Gasteiger partial charge in [-0.25, -0.2) is 0 Å². The van der Waals surface area contributed by atoms with Gasteiger partial charge < -0.3 is 15.5 Å². The van der Waals surface area contributed by atoms with Gasteiger partial charge in [-0.2, -0.15) is 5.21 Å². The summed E-state index contributed by atoms with van der Waals surface area (Å²) < 4.78 is 0. The lowest BCUT2D eigenvalue weighted by molar-refractivity contribution is 0.402. The molecule has 7 nitrogen and oxygen atoms in total. The van der Waals surface area contributed by atoms with Crippen LogP contribution in [0, 0.1) is 0 Å². The van der Waals surface area contributed by atoms with E-state index in [9.17, 15) is 5.11 Å². The summed E-state index contributed by atoms with van der Waals surface area (Å²) in [7, 11) is 0. The Morgan fingerprint density at radius 2 is 2.18 bits per heavy atom. The summed E-state index contributed by atoms with van der Waals surface area (Å²) in [5.41, 5.74) is 0.857. The molecule has 4 N–H and O–H groups in total. The summed E-state index contributed by atoms with van der Waals surface area (Å²) in [5.74, 6) is 0.324. The van der Waals surface area contributed by atoms with E-state index in [1.165, 1.54) is 12.1 Å². The van der Waals surface area contributed by atoms with Crippen molar-refractivity contribution in [1.82, 2.24) is 25.9 Å². The molecule has 1 heterocycles. The third-order valence-corrected chi connectivity index (χ3v) is 2.40. The summed E-state index contributed by atoms with van der Waals surface area (Å²) >= 11 is 0. The molecule has 0 spiro atoms. The topological polar surface area (TPSA) is 107 Å².